The molecule has 0 unspecified atom stereocenters. The summed E-state index contributed by atoms with van der Waals surface area (Å²) in [5.41, 5.74) is 0.346. The molecule has 0 aliphatic rings. The molecule has 0 aliphatic heterocycles. The first kappa shape index (κ1) is 14.9. The molecular weight excluding hydrogens is 287 g/mol. The predicted octanol–water partition coefficient (Wildman–Crippen LogP) is 2.91. The first-order valence-electron chi connectivity index (χ1n) is 6.05. The Morgan fingerprint density at radius 2 is 1.95 bits per heavy atom. The Morgan fingerprint density at radius 1 is 1.29 bits per heavy atom. The molecule has 21 heavy (non-hydrogen) atoms. The molecule has 0 bridgehead atoms. The van der Waals surface area contributed by atoms with Crippen LogP contribution in [0.4, 0.5) is 18.0 Å². The highest BCUT2D eigenvalue weighted by atomic mass is 19.4. The van der Waals surface area contributed by atoms with E-state index in [4.69, 9.17) is 5.11 Å². The van der Waals surface area contributed by atoms with Crippen molar-refractivity contribution in [3.63, 3.8) is 0 Å². The molecule has 0 saturated heterocycles. The van der Waals surface area contributed by atoms with Gasteiger partial charge >= 0.3 is 12.3 Å². The molecule has 5 nitrogen and oxygen atoms in total. The lowest BCUT2D eigenvalue weighted by molar-refractivity contribution is -0.137. The van der Waals surface area contributed by atoms with Crippen LogP contribution in [0.1, 0.15) is 11.4 Å². The highest BCUT2D eigenvalue weighted by molar-refractivity contribution is 5.64. The number of aromatic nitrogens is 2. The minimum Gasteiger partial charge on any atom is -0.465 e. The number of nitrogens with one attached hydrogen (secondary N) is 2. The van der Waals surface area contributed by atoms with Crippen molar-refractivity contribution in [3.05, 3.63) is 41.9 Å². The summed E-state index contributed by atoms with van der Waals surface area (Å²) in [7, 11) is 0. The number of hydrogen-bond donors (Lipinski definition) is 3. The molecule has 0 atom stereocenters. The van der Waals surface area contributed by atoms with Crippen LogP contribution in [-0.4, -0.2) is 27.7 Å². The summed E-state index contributed by atoms with van der Waals surface area (Å²) >= 11 is 0. The summed E-state index contributed by atoms with van der Waals surface area (Å²) in [6.07, 6.45) is -3.55. The van der Waals surface area contributed by atoms with Crippen LogP contribution in [-0.2, 0) is 12.6 Å². The predicted molar refractivity (Wildman–Crippen MR) is 68.8 cm³/mol. The minimum atomic E-state index is -4.36. The normalized spacial score (nSPS) is 11.4. The Hall–Kier alpha value is -2.51. The van der Waals surface area contributed by atoms with Crippen LogP contribution in [0.3, 0.4) is 0 Å². The lowest BCUT2D eigenvalue weighted by Crippen LogP contribution is -2.23. The number of imidazole rings is 1. The van der Waals surface area contributed by atoms with Crippen LogP contribution in [0, 0.1) is 0 Å². The summed E-state index contributed by atoms with van der Waals surface area (Å²) < 4.78 is 37.4. The maximum Gasteiger partial charge on any atom is 0.416 e. The van der Waals surface area contributed by atoms with Crippen molar-refractivity contribution in [2.45, 2.75) is 12.6 Å². The molecule has 1 aromatic heterocycles. The minimum absolute atomic E-state index is 0.204. The first-order valence-corrected chi connectivity index (χ1v) is 6.05. The third-order valence-electron chi connectivity index (χ3n) is 2.78. The molecule has 0 aliphatic carbocycles. The number of hydrogen-bond acceptors (Lipinski definition) is 2. The van der Waals surface area contributed by atoms with E-state index in [1.165, 1.54) is 12.1 Å². The van der Waals surface area contributed by atoms with Gasteiger partial charge in [0, 0.05) is 24.7 Å². The second-order valence-electron chi connectivity index (χ2n) is 4.29. The van der Waals surface area contributed by atoms with Crippen LogP contribution in [0.25, 0.3) is 11.3 Å². The van der Waals surface area contributed by atoms with E-state index in [-0.39, 0.29) is 6.54 Å². The maximum absolute atomic E-state index is 12.5. The zero-order chi connectivity index (χ0) is 15.5. The summed E-state index contributed by atoms with van der Waals surface area (Å²) in [5.74, 6) is 0.554. The van der Waals surface area contributed by atoms with Crippen molar-refractivity contribution in [2.24, 2.45) is 0 Å². The van der Waals surface area contributed by atoms with Crippen LogP contribution >= 0.6 is 0 Å². The number of halogens is 3. The molecule has 0 spiro atoms. The Labute approximate surface area is 117 Å². The van der Waals surface area contributed by atoms with Gasteiger partial charge < -0.3 is 15.4 Å². The molecule has 1 aromatic carbocycles. The smallest absolute Gasteiger partial charge is 0.416 e. The van der Waals surface area contributed by atoms with Gasteiger partial charge in [-0.15, -0.1) is 0 Å². The van der Waals surface area contributed by atoms with Gasteiger partial charge in [0.15, 0.2) is 0 Å². The van der Waals surface area contributed by atoms with Crippen LogP contribution < -0.4 is 5.32 Å². The summed E-state index contributed by atoms with van der Waals surface area (Å²) in [4.78, 5) is 17.4. The SMILES string of the molecule is O=C(O)NCCc1nc(-c2ccc(C(F)(F)F)cc2)c[nH]1. The summed E-state index contributed by atoms with van der Waals surface area (Å²) in [5, 5.41) is 10.6. The molecule has 8 heteroatoms. The Kier molecular flexibility index (Phi) is 4.15. The quantitative estimate of drug-likeness (QED) is 0.812. The van der Waals surface area contributed by atoms with E-state index >= 15 is 0 Å². The van der Waals surface area contributed by atoms with Crippen LogP contribution in [0.2, 0.25) is 0 Å². The Morgan fingerprint density at radius 3 is 2.52 bits per heavy atom. The molecule has 1 heterocycles. The number of carbonyl (C=O) groups is 1. The zero-order valence-electron chi connectivity index (χ0n) is 10.7. The van der Waals surface area contributed by atoms with Crippen molar-refractivity contribution in [1.29, 1.82) is 0 Å². The van der Waals surface area contributed by atoms with Gasteiger partial charge in [0.2, 0.25) is 0 Å². The van der Waals surface area contributed by atoms with E-state index in [1.807, 2.05) is 0 Å². The van der Waals surface area contributed by atoms with E-state index in [0.29, 0.717) is 23.5 Å². The number of aromatic amines is 1. The molecule has 0 fully saturated rings. The second-order valence-corrected chi connectivity index (χ2v) is 4.29. The van der Waals surface area contributed by atoms with Gasteiger partial charge in [-0.05, 0) is 12.1 Å². The average Bonchev–Trinajstić information content (AvgIpc) is 2.86. The molecule has 1 amide bonds. The third-order valence-corrected chi connectivity index (χ3v) is 2.78. The highest BCUT2D eigenvalue weighted by Gasteiger charge is 2.30. The maximum atomic E-state index is 12.5. The zero-order valence-corrected chi connectivity index (χ0v) is 10.7. The number of nitrogens with zero attached hydrogens (tertiary/aromatic N) is 1. The van der Waals surface area contributed by atoms with E-state index in [2.05, 4.69) is 15.3 Å². The van der Waals surface area contributed by atoms with Crippen molar-refractivity contribution in [1.82, 2.24) is 15.3 Å². The molecule has 0 radical (unpaired) electrons. The summed E-state index contributed by atoms with van der Waals surface area (Å²) in [6.45, 7) is 0.204. The van der Waals surface area contributed by atoms with E-state index < -0.39 is 17.8 Å². The van der Waals surface area contributed by atoms with Crippen LogP contribution in [0.5, 0.6) is 0 Å². The van der Waals surface area contributed by atoms with Gasteiger partial charge in [0.25, 0.3) is 0 Å². The van der Waals surface area contributed by atoms with Crippen molar-refractivity contribution >= 4 is 6.09 Å². The third kappa shape index (κ3) is 3.98. The number of benzene rings is 1. The number of alkyl halides is 3. The van der Waals surface area contributed by atoms with Crippen molar-refractivity contribution in [2.75, 3.05) is 6.54 Å². The fraction of sp³-hybridized carbons (Fsp3) is 0.231. The standard InChI is InChI=1S/C13H12F3N3O2/c14-13(15,16)9-3-1-8(2-4-9)10-7-18-11(19-10)5-6-17-12(20)21/h1-4,7,17H,5-6H2,(H,18,19)(H,20,21). The average molecular weight is 299 g/mol. The van der Waals surface area contributed by atoms with Crippen molar-refractivity contribution in [3.8, 4) is 11.3 Å². The Bertz CT molecular complexity index is 620. The molecule has 2 aromatic rings. The lowest BCUT2D eigenvalue weighted by atomic mass is 10.1. The molecule has 112 valence electrons. The number of carboxylic acid groups (broad SMARTS) is 1. The summed E-state index contributed by atoms with van der Waals surface area (Å²) in [6, 6.07) is 4.68. The second kappa shape index (κ2) is 5.86. The molecule has 2 rings (SSSR count). The highest BCUT2D eigenvalue weighted by Crippen LogP contribution is 2.30. The molecule has 0 saturated carbocycles. The monoisotopic (exact) mass is 299 g/mol. The van der Waals surface area contributed by atoms with Gasteiger partial charge in [-0.25, -0.2) is 9.78 Å². The lowest BCUT2D eigenvalue weighted by Gasteiger charge is -2.06. The number of rotatable bonds is 4. The molecule has 3 N–H and O–H groups in total. The number of H-pyrrole nitrogens is 1. The van der Waals surface area contributed by atoms with Gasteiger partial charge in [0.05, 0.1) is 11.3 Å². The fourth-order valence-corrected chi connectivity index (χ4v) is 1.76. The van der Waals surface area contributed by atoms with Crippen LogP contribution in [0.15, 0.2) is 30.5 Å². The van der Waals surface area contributed by atoms with Gasteiger partial charge in [0.1, 0.15) is 5.82 Å². The number of amides is 1. The largest absolute Gasteiger partial charge is 0.465 e. The van der Waals surface area contributed by atoms with E-state index in [1.54, 1.807) is 6.20 Å². The molecular formula is C13H12F3N3O2. The van der Waals surface area contributed by atoms with Gasteiger partial charge in [-0.1, -0.05) is 12.1 Å². The van der Waals surface area contributed by atoms with Gasteiger partial charge in [-0.3, -0.25) is 0 Å². The fourth-order valence-electron chi connectivity index (χ4n) is 1.76. The van der Waals surface area contributed by atoms with E-state index in [0.717, 1.165) is 12.1 Å². The van der Waals surface area contributed by atoms with E-state index in [9.17, 15) is 18.0 Å². The van der Waals surface area contributed by atoms with Crippen molar-refractivity contribution < 1.29 is 23.1 Å². The van der Waals surface area contributed by atoms with Gasteiger partial charge in [-0.2, -0.15) is 13.2 Å². The first-order chi connectivity index (χ1) is 9.86. The topological polar surface area (TPSA) is 78.0 Å². The Balaban J connectivity index is 2.05.